The lowest BCUT2D eigenvalue weighted by molar-refractivity contribution is -0.135. The summed E-state index contributed by atoms with van der Waals surface area (Å²) in [5, 5.41) is 9.67. The highest BCUT2D eigenvalue weighted by molar-refractivity contribution is 6.30. The van der Waals surface area contributed by atoms with Crippen molar-refractivity contribution in [2.75, 3.05) is 38.1 Å². The molecule has 1 unspecified atom stereocenters. The summed E-state index contributed by atoms with van der Waals surface area (Å²) >= 11 is 6.14. The van der Waals surface area contributed by atoms with E-state index in [2.05, 4.69) is 16.0 Å². The molecule has 3 heterocycles. The Labute approximate surface area is 229 Å². The molecule has 0 bridgehead atoms. The summed E-state index contributed by atoms with van der Waals surface area (Å²) in [6, 6.07) is 13.2. The summed E-state index contributed by atoms with van der Waals surface area (Å²) in [5.74, 6) is 1.35. The van der Waals surface area contributed by atoms with Crippen molar-refractivity contribution in [3.8, 4) is 6.07 Å². The number of carbonyl (C=O) groups excluding carboxylic acids is 2. The van der Waals surface area contributed by atoms with Crippen LogP contribution >= 0.6 is 11.6 Å². The van der Waals surface area contributed by atoms with Crippen molar-refractivity contribution in [1.82, 2.24) is 14.8 Å². The molecule has 2 amide bonds. The van der Waals surface area contributed by atoms with Crippen molar-refractivity contribution in [2.24, 2.45) is 11.8 Å². The van der Waals surface area contributed by atoms with Crippen LogP contribution in [0.1, 0.15) is 49.7 Å². The summed E-state index contributed by atoms with van der Waals surface area (Å²) in [7, 11) is 1.78. The minimum atomic E-state index is -0.328. The van der Waals surface area contributed by atoms with E-state index in [-0.39, 0.29) is 36.0 Å². The third-order valence-corrected chi connectivity index (χ3v) is 8.55. The van der Waals surface area contributed by atoms with Crippen LogP contribution in [0.4, 0.5) is 10.6 Å². The van der Waals surface area contributed by atoms with E-state index in [0.717, 1.165) is 50.2 Å². The molecule has 2 aliphatic heterocycles. The van der Waals surface area contributed by atoms with Gasteiger partial charge in [-0.1, -0.05) is 23.7 Å². The molecule has 3 aliphatic rings. The second-order valence-corrected chi connectivity index (χ2v) is 11.2. The van der Waals surface area contributed by atoms with Gasteiger partial charge in [0.1, 0.15) is 18.0 Å². The van der Waals surface area contributed by atoms with E-state index < -0.39 is 0 Å². The Morgan fingerprint density at radius 1 is 1.11 bits per heavy atom. The van der Waals surface area contributed by atoms with Crippen molar-refractivity contribution in [3.63, 3.8) is 0 Å². The number of hydrogen-bond acceptors (Lipinski definition) is 6. The van der Waals surface area contributed by atoms with Gasteiger partial charge in [-0.2, -0.15) is 5.26 Å². The fourth-order valence-corrected chi connectivity index (χ4v) is 5.81. The van der Waals surface area contributed by atoms with Gasteiger partial charge in [0.05, 0.1) is 11.6 Å². The average Bonchev–Trinajstić information content (AvgIpc) is 3.71. The second kappa shape index (κ2) is 11.2. The van der Waals surface area contributed by atoms with Gasteiger partial charge in [0.2, 0.25) is 5.91 Å². The Morgan fingerprint density at radius 3 is 2.42 bits per heavy atom. The molecule has 0 radical (unpaired) electrons. The maximum Gasteiger partial charge on any atom is 0.410 e. The van der Waals surface area contributed by atoms with E-state index in [1.807, 2.05) is 42.2 Å². The Bertz CT molecular complexity index is 1190. The monoisotopic (exact) mass is 535 g/mol. The normalized spacial score (nSPS) is 22.6. The highest BCUT2D eigenvalue weighted by Crippen LogP contribution is 2.36. The van der Waals surface area contributed by atoms with Crippen LogP contribution in [0.2, 0.25) is 5.02 Å². The van der Waals surface area contributed by atoms with Crippen LogP contribution in [0, 0.1) is 23.2 Å². The van der Waals surface area contributed by atoms with Gasteiger partial charge in [-0.3, -0.25) is 4.79 Å². The number of benzene rings is 1. The topological polar surface area (TPSA) is 89.8 Å². The van der Waals surface area contributed by atoms with Gasteiger partial charge in [0.25, 0.3) is 0 Å². The lowest BCUT2D eigenvalue weighted by Crippen LogP contribution is -2.45. The van der Waals surface area contributed by atoms with Crippen LogP contribution in [0.3, 0.4) is 0 Å². The van der Waals surface area contributed by atoms with Crippen molar-refractivity contribution < 1.29 is 14.3 Å². The van der Waals surface area contributed by atoms with Crippen LogP contribution in [0.15, 0.2) is 42.6 Å². The number of likely N-dealkylation sites (N-methyl/N-ethyl adjacent to an activating group) is 1. The zero-order valence-electron chi connectivity index (χ0n) is 21.9. The van der Waals surface area contributed by atoms with E-state index in [4.69, 9.17) is 21.6 Å². The number of carbonyl (C=O) groups is 2. The highest BCUT2D eigenvalue weighted by atomic mass is 35.5. The van der Waals surface area contributed by atoms with Gasteiger partial charge in [-0.15, -0.1) is 0 Å². The molecule has 5 rings (SSSR count). The maximum absolute atomic E-state index is 13.7. The molecule has 8 nitrogen and oxygen atoms in total. The van der Waals surface area contributed by atoms with Gasteiger partial charge in [0.15, 0.2) is 0 Å². The Hall–Kier alpha value is -3.31. The number of rotatable bonds is 6. The summed E-state index contributed by atoms with van der Waals surface area (Å²) in [6.07, 6.45) is 4.86. The van der Waals surface area contributed by atoms with Crippen LogP contribution in [-0.4, -0.2) is 72.2 Å². The molecule has 38 heavy (non-hydrogen) atoms. The van der Waals surface area contributed by atoms with E-state index in [9.17, 15) is 9.59 Å². The molecule has 3 atom stereocenters. The molecule has 0 spiro atoms. The Balaban J connectivity index is 1.25. The molecule has 9 heteroatoms. The zero-order chi connectivity index (χ0) is 26.8. The average molecular weight is 536 g/mol. The largest absolute Gasteiger partial charge is 0.446 e. The SMILES string of the molecule is CC(OC(=O)N(C)[C@@H]1CN(C(=O)C2CCN(c3ccc(C#N)cn3)CC2)C[C@H]1c1ccc(Cl)cc1)C1CC1. The Kier molecular flexibility index (Phi) is 7.75. The number of halogens is 1. The molecular weight excluding hydrogens is 502 g/mol. The van der Waals surface area contributed by atoms with Crippen molar-refractivity contribution >= 4 is 29.4 Å². The molecular formula is C29H34ClN5O3. The molecule has 1 aromatic carbocycles. The third kappa shape index (κ3) is 5.73. The summed E-state index contributed by atoms with van der Waals surface area (Å²) in [6.45, 7) is 4.46. The first kappa shape index (κ1) is 26.3. The molecule has 2 saturated heterocycles. The fraction of sp³-hybridized carbons (Fsp3) is 0.517. The minimum absolute atomic E-state index is 0.0204. The van der Waals surface area contributed by atoms with E-state index in [1.165, 1.54) is 0 Å². The lowest BCUT2D eigenvalue weighted by atomic mass is 9.93. The first-order valence-electron chi connectivity index (χ1n) is 13.4. The predicted octanol–water partition coefficient (Wildman–Crippen LogP) is 4.68. The molecule has 2 aromatic rings. The first-order valence-corrected chi connectivity index (χ1v) is 13.8. The molecule has 0 N–H and O–H groups in total. The molecule has 1 saturated carbocycles. The molecule has 1 aromatic heterocycles. The lowest BCUT2D eigenvalue weighted by Gasteiger charge is -2.34. The zero-order valence-corrected chi connectivity index (χ0v) is 22.7. The molecule has 1 aliphatic carbocycles. The van der Waals surface area contributed by atoms with Crippen LogP contribution in [-0.2, 0) is 9.53 Å². The number of likely N-dealkylation sites (tertiary alicyclic amines) is 1. The van der Waals surface area contributed by atoms with E-state index >= 15 is 0 Å². The van der Waals surface area contributed by atoms with Crippen molar-refractivity contribution in [3.05, 3.63) is 58.7 Å². The Morgan fingerprint density at radius 2 is 1.82 bits per heavy atom. The number of amides is 2. The van der Waals surface area contributed by atoms with E-state index in [1.54, 1.807) is 24.2 Å². The number of ether oxygens (including phenoxy) is 1. The van der Waals surface area contributed by atoms with Gasteiger partial charge in [0, 0.05) is 56.3 Å². The second-order valence-electron chi connectivity index (χ2n) is 10.8. The highest BCUT2D eigenvalue weighted by Gasteiger charge is 2.43. The number of pyridine rings is 1. The number of nitriles is 1. The fourth-order valence-electron chi connectivity index (χ4n) is 5.69. The molecule has 3 fully saturated rings. The van der Waals surface area contributed by atoms with Gasteiger partial charge >= 0.3 is 6.09 Å². The molecule has 200 valence electrons. The van der Waals surface area contributed by atoms with Gasteiger partial charge in [-0.05, 0) is 68.4 Å². The summed E-state index contributed by atoms with van der Waals surface area (Å²) in [5.41, 5.74) is 1.60. The smallest absolute Gasteiger partial charge is 0.410 e. The van der Waals surface area contributed by atoms with Gasteiger partial charge in [-0.25, -0.2) is 9.78 Å². The number of anilines is 1. The van der Waals surface area contributed by atoms with Crippen LogP contribution in [0.5, 0.6) is 0 Å². The van der Waals surface area contributed by atoms with Gasteiger partial charge < -0.3 is 19.4 Å². The quantitative estimate of drug-likeness (QED) is 0.533. The summed E-state index contributed by atoms with van der Waals surface area (Å²) < 4.78 is 5.77. The third-order valence-electron chi connectivity index (χ3n) is 8.30. The number of hydrogen-bond donors (Lipinski definition) is 0. The number of piperidine rings is 1. The summed E-state index contributed by atoms with van der Waals surface area (Å²) in [4.78, 5) is 36.9. The first-order chi connectivity index (χ1) is 18.3. The van der Waals surface area contributed by atoms with Crippen LogP contribution < -0.4 is 4.90 Å². The van der Waals surface area contributed by atoms with E-state index in [0.29, 0.717) is 29.6 Å². The maximum atomic E-state index is 13.7. The minimum Gasteiger partial charge on any atom is -0.446 e. The standard InChI is InChI=1S/C29H34ClN5O3/c1-19(21-4-5-21)38-29(37)33(2)26-18-35(17-25(26)22-6-8-24(30)9-7-22)28(36)23-11-13-34(14-12-23)27-10-3-20(15-31)16-32-27/h3,6-10,16,19,21,23,25-26H,4-5,11-14,17-18H2,1-2H3/t19?,25-,26+/m0/s1. The van der Waals surface area contributed by atoms with Crippen molar-refractivity contribution in [1.29, 1.82) is 5.26 Å². The number of aromatic nitrogens is 1. The van der Waals surface area contributed by atoms with Crippen molar-refractivity contribution in [2.45, 2.75) is 50.7 Å². The van der Waals surface area contributed by atoms with Crippen LogP contribution in [0.25, 0.3) is 0 Å². The number of nitrogens with zero attached hydrogens (tertiary/aromatic N) is 5. The predicted molar refractivity (Wildman–Crippen MR) is 145 cm³/mol.